The fourth-order valence-electron chi connectivity index (χ4n) is 10.4. The predicted octanol–water partition coefficient (Wildman–Crippen LogP) is 3.26. The number of nitro benzene ring substituents is 1. The number of ether oxygens (including phenoxy) is 7. The number of nitrogens with zero attached hydrogens (tertiary/aromatic N) is 3. The van der Waals surface area contributed by atoms with Crippen molar-refractivity contribution < 1.29 is 92.1 Å². The molecule has 0 radical (unpaired) electrons. The number of non-ortho nitro benzene ring substituents is 1. The molecule has 2 fully saturated rings. The van der Waals surface area contributed by atoms with Crippen molar-refractivity contribution in [2.45, 2.75) is 185 Å². The molecule has 3 heterocycles. The third kappa shape index (κ3) is 18.4. The van der Waals surface area contributed by atoms with Gasteiger partial charge in [-0.15, -0.1) is 0 Å². The summed E-state index contributed by atoms with van der Waals surface area (Å²) >= 11 is 0. The lowest BCUT2D eigenvalue weighted by molar-refractivity contribution is -0.384. The molecule has 470 valence electrons. The average Bonchev–Trinajstić information content (AvgIpc) is 1.67. The zero-order chi connectivity index (χ0) is 62.9. The number of rotatable bonds is 20. The smallest absolute Gasteiger partial charge is 0.410 e. The molecule has 0 aromatic heterocycles. The first-order valence-corrected chi connectivity index (χ1v) is 28.1. The summed E-state index contributed by atoms with van der Waals surface area (Å²) in [6.45, 7) is 14.9. The minimum absolute atomic E-state index is 0.0143. The van der Waals surface area contributed by atoms with Gasteiger partial charge in [0.15, 0.2) is 6.29 Å². The van der Waals surface area contributed by atoms with Gasteiger partial charge in [-0.1, -0.05) is 12.1 Å². The SMILES string of the molecule is CN(C(=O)OC(C)(C)C)[C@@H]1[C@@H](O)[C@@H](O[C@H]2[C@H](NC(=O)[C@@H](O)CCNC(=O)OC(C)(C)C)C[C@H](NC(=O)OC(C)(C)C)C([C@H]3OC(CNC(=O)OCc4ccc([N+](=O)[O-])cc4)=CC[C@H]3NCCCN3C(=O)c4ccccc4C3=O)[C@@H]2O)OC[C@]1(C)O. The molecule has 2 aromatic carbocycles. The number of carbonyl (C=O) groups excluding carboxylic acids is 7. The summed E-state index contributed by atoms with van der Waals surface area (Å²) in [6, 6.07) is 6.98. The molecule has 1 saturated heterocycles. The lowest BCUT2D eigenvalue weighted by Crippen LogP contribution is -2.71. The topological polar surface area (TPSA) is 375 Å². The van der Waals surface area contributed by atoms with E-state index in [0.29, 0.717) is 5.56 Å². The van der Waals surface area contributed by atoms with Crippen LogP contribution in [0.4, 0.5) is 24.9 Å². The molecule has 1 saturated carbocycles. The Balaban J connectivity index is 1.34. The first kappa shape index (κ1) is 66.9. The normalized spacial score (nSPS) is 26.3. The highest BCUT2D eigenvalue weighted by Gasteiger charge is 2.56. The Hall–Kier alpha value is -7.21. The van der Waals surface area contributed by atoms with Gasteiger partial charge in [-0.2, -0.15) is 0 Å². The molecular formula is C57H82N8O20. The van der Waals surface area contributed by atoms with Crippen molar-refractivity contribution in [2.24, 2.45) is 5.92 Å². The molecule has 0 spiro atoms. The predicted molar refractivity (Wildman–Crippen MR) is 300 cm³/mol. The Labute approximate surface area is 492 Å². The molecule has 2 aromatic rings. The maximum Gasteiger partial charge on any atom is 0.410 e. The van der Waals surface area contributed by atoms with E-state index >= 15 is 0 Å². The minimum Gasteiger partial charge on any atom is -0.491 e. The van der Waals surface area contributed by atoms with Crippen LogP contribution >= 0.6 is 0 Å². The van der Waals surface area contributed by atoms with E-state index in [1.54, 1.807) is 92.7 Å². The number of alkyl carbamates (subject to hydrolysis) is 3. The number of carbonyl (C=O) groups is 7. The van der Waals surface area contributed by atoms with Gasteiger partial charge in [0.1, 0.15) is 59.2 Å². The number of amides is 7. The number of nitro groups is 1. The second-order valence-electron chi connectivity index (χ2n) is 24.6. The maximum absolute atomic E-state index is 14.1. The highest BCUT2D eigenvalue weighted by Crippen LogP contribution is 2.39. The summed E-state index contributed by atoms with van der Waals surface area (Å²) in [5.74, 6) is -3.07. The van der Waals surface area contributed by atoms with Crippen LogP contribution < -0.4 is 26.6 Å². The summed E-state index contributed by atoms with van der Waals surface area (Å²) in [6.07, 6.45) is -12.4. The molecule has 6 rings (SSSR count). The van der Waals surface area contributed by atoms with Crippen LogP contribution in [0.15, 0.2) is 60.4 Å². The zero-order valence-electron chi connectivity index (χ0n) is 49.8. The monoisotopic (exact) mass is 1200 g/mol. The van der Waals surface area contributed by atoms with Crippen LogP contribution in [0.5, 0.6) is 0 Å². The van der Waals surface area contributed by atoms with Gasteiger partial charge < -0.3 is 85.1 Å². The van der Waals surface area contributed by atoms with Gasteiger partial charge in [0.05, 0.1) is 47.4 Å². The van der Waals surface area contributed by atoms with E-state index < -0.39 is 143 Å². The molecule has 4 aliphatic rings. The molecule has 28 heteroatoms. The fourth-order valence-corrected chi connectivity index (χ4v) is 10.4. The second-order valence-corrected chi connectivity index (χ2v) is 24.6. The molecule has 1 unspecified atom stereocenters. The molecule has 9 N–H and O–H groups in total. The number of aliphatic hydroxyl groups is 4. The Morgan fingerprint density at radius 3 is 2.04 bits per heavy atom. The molecule has 85 heavy (non-hydrogen) atoms. The number of hydrogen-bond acceptors (Lipinski definition) is 21. The van der Waals surface area contributed by atoms with Crippen LogP contribution in [0.25, 0.3) is 0 Å². The van der Waals surface area contributed by atoms with Crippen molar-refractivity contribution in [1.82, 2.24) is 36.4 Å². The molecule has 12 atom stereocenters. The molecule has 3 aliphatic heterocycles. The van der Waals surface area contributed by atoms with Gasteiger partial charge in [0.2, 0.25) is 5.91 Å². The van der Waals surface area contributed by atoms with E-state index in [9.17, 15) is 64.1 Å². The molecule has 0 bridgehead atoms. The number of benzene rings is 2. The van der Waals surface area contributed by atoms with Crippen LogP contribution in [0.2, 0.25) is 0 Å². The zero-order valence-corrected chi connectivity index (χ0v) is 49.8. The number of likely N-dealkylation sites (N-methyl/N-ethyl adjacent to an activating group) is 1. The quantitative estimate of drug-likeness (QED) is 0.0302. The van der Waals surface area contributed by atoms with Crippen molar-refractivity contribution in [3.63, 3.8) is 0 Å². The van der Waals surface area contributed by atoms with E-state index in [-0.39, 0.29) is 81.0 Å². The molecule has 1 aliphatic carbocycles. The van der Waals surface area contributed by atoms with E-state index in [0.717, 1.165) is 9.80 Å². The maximum atomic E-state index is 14.1. The van der Waals surface area contributed by atoms with Crippen molar-refractivity contribution in [3.05, 3.63) is 87.2 Å². The first-order chi connectivity index (χ1) is 39.6. The Morgan fingerprint density at radius 1 is 0.824 bits per heavy atom. The Morgan fingerprint density at radius 2 is 1.44 bits per heavy atom. The van der Waals surface area contributed by atoms with Gasteiger partial charge in [0, 0.05) is 50.3 Å². The van der Waals surface area contributed by atoms with Crippen molar-refractivity contribution >= 4 is 47.8 Å². The Kier molecular flexibility index (Phi) is 21.9. The van der Waals surface area contributed by atoms with Crippen LogP contribution in [0.3, 0.4) is 0 Å². The van der Waals surface area contributed by atoms with Crippen molar-refractivity contribution in [1.29, 1.82) is 0 Å². The summed E-state index contributed by atoms with van der Waals surface area (Å²) in [5, 5.41) is 73.3. The second kappa shape index (κ2) is 27.9. The number of nitrogens with one attached hydrogen (secondary N) is 5. The minimum atomic E-state index is -1.92. The van der Waals surface area contributed by atoms with E-state index in [2.05, 4.69) is 26.6 Å². The number of hydrogen-bond donors (Lipinski definition) is 9. The summed E-state index contributed by atoms with van der Waals surface area (Å²) in [7, 11) is 1.30. The fraction of sp³-hybridized carbons (Fsp3) is 0.632. The van der Waals surface area contributed by atoms with Gasteiger partial charge in [-0.25, -0.2) is 19.2 Å². The summed E-state index contributed by atoms with van der Waals surface area (Å²) in [5.41, 5.74) is -3.97. The van der Waals surface area contributed by atoms with Crippen LogP contribution in [-0.2, 0) is 44.6 Å². The largest absolute Gasteiger partial charge is 0.491 e. The van der Waals surface area contributed by atoms with E-state index in [4.69, 9.17) is 33.2 Å². The lowest BCUT2D eigenvalue weighted by atomic mass is 9.72. The third-order valence-corrected chi connectivity index (χ3v) is 14.1. The van der Waals surface area contributed by atoms with Gasteiger partial charge >= 0.3 is 24.4 Å². The van der Waals surface area contributed by atoms with Gasteiger partial charge in [0.25, 0.3) is 17.5 Å². The standard InChI is InChI=1S/C57H82N8O20/c1-54(2,3)83-51(73)59-25-23-39(66)46(69)61-38-27-37(62-52(74)84-55(4,5)6)40(41(67)44(38)82-49-42(68)45(57(10,76)30-80-49)63(11)53(75)85-56(7,8)9)43-36(58-24-14-26-64-47(70)34-15-12-13-16-35(34)48(64)71)22-21-33(81-43)28-60-50(72)79-29-31-17-19-32(20-18-31)65(77)78/h12-13,15-21,36-45,49,58,66-68,76H,14,22-30H2,1-11H3,(H,59,73)(H,60,72)(H,61,69)(H,62,74)/t36-,37+,38-,39+,40?,41+,42-,43+,44+,45-,49-,57+/m1/s1. The highest BCUT2D eigenvalue weighted by atomic mass is 16.7. The summed E-state index contributed by atoms with van der Waals surface area (Å²) in [4.78, 5) is 106. The van der Waals surface area contributed by atoms with Gasteiger partial charge in [-0.3, -0.25) is 29.4 Å². The van der Waals surface area contributed by atoms with Crippen molar-refractivity contribution in [2.75, 3.05) is 39.8 Å². The van der Waals surface area contributed by atoms with Crippen LogP contribution in [0, 0.1) is 16.0 Å². The lowest BCUT2D eigenvalue weighted by Gasteiger charge is -2.52. The number of aliphatic hydroxyl groups excluding tert-OH is 3. The molecule has 7 amide bonds. The van der Waals surface area contributed by atoms with Crippen LogP contribution in [0.1, 0.15) is 121 Å². The third-order valence-electron chi connectivity index (χ3n) is 14.1. The first-order valence-electron chi connectivity index (χ1n) is 28.1. The number of fused-ring (bicyclic) bond motifs is 1. The van der Waals surface area contributed by atoms with E-state index in [1.807, 2.05) is 0 Å². The number of imide groups is 1. The van der Waals surface area contributed by atoms with Crippen LogP contribution in [-0.4, -0.2) is 200 Å². The average molecular weight is 1200 g/mol. The molecular weight excluding hydrogens is 1120 g/mol. The van der Waals surface area contributed by atoms with Gasteiger partial charge in [-0.05, 0) is 137 Å². The molecule has 28 nitrogen and oxygen atoms in total. The highest BCUT2D eigenvalue weighted by molar-refractivity contribution is 6.21. The summed E-state index contributed by atoms with van der Waals surface area (Å²) < 4.78 is 41.1. The van der Waals surface area contributed by atoms with Crippen molar-refractivity contribution in [3.8, 4) is 0 Å². The van der Waals surface area contributed by atoms with E-state index in [1.165, 1.54) is 38.2 Å². The Bertz CT molecular complexity index is 2720.